The SMILES string of the molecule is Cl.O=C(CN1CCN(C2CCCCC2)CC1)Nc1ccccc1-c1ccccc1. The third-order valence-electron chi connectivity index (χ3n) is 6.15. The third kappa shape index (κ3) is 5.81. The third-order valence-corrected chi connectivity index (χ3v) is 6.15. The molecule has 0 atom stereocenters. The van der Waals surface area contributed by atoms with Crippen LogP contribution in [0.25, 0.3) is 11.1 Å². The second-order valence-corrected chi connectivity index (χ2v) is 8.06. The van der Waals surface area contributed by atoms with Gasteiger partial charge in [0, 0.05) is 43.5 Å². The van der Waals surface area contributed by atoms with Gasteiger partial charge in [0.1, 0.15) is 0 Å². The van der Waals surface area contributed by atoms with Crippen LogP contribution in [-0.2, 0) is 4.79 Å². The van der Waals surface area contributed by atoms with Crippen molar-refractivity contribution in [3.63, 3.8) is 0 Å². The first-order valence-corrected chi connectivity index (χ1v) is 10.7. The van der Waals surface area contributed by atoms with Crippen LogP contribution in [0.15, 0.2) is 54.6 Å². The molecule has 5 heteroatoms. The topological polar surface area (TPSA) is 35.6 Å². The molecule has 1 saturated carbocycles. The number of hydrogen-bond acceptors (Lipinski definition) is 3. The Morgan fingerprint density at radius 2 is 1.52 bits per heavy atom. The minimum atomic E-state index is 0. The van der Waals surface area contributed by atoms with Gasteiger partial charge in [0.05, 0.1) is 6.54 Å². The second-order valence-electron chi connectivity index (χ2n) is 8.06. The molecule has 0 bridgehead atoms. The number of carbonyl (C=O) groups is 1. The fraction of sp³-hybridized carbons (Fsp3) is 0.458. The van der Waals surface area contributed by atoms with E-state index in [1.54, 1.807) is 0 Å². The molecule has 4 nitrogen and oxygen atoms in total. The first-order valence-electron chi connectivity index (χ1n) is 10.7. The Labute approximate surface area is 180 Å². The van der Waals surface area contributed by atoms with Crippen LogP contribution in [0, 0.1) is 0 Å². The molecular weight excluding hydrogens is 382 g/mol. The lowest BCUT2D eigenvalue weighted by Crippen LogP contribution is -2.52. The molecule has 2 aromatic carbocycles. The summed E-state index contributed by atoms with van der Waals surface area (Å²) in [6.45, 7) is 4.65. The predicted octanol–water partition coefficient (Wildman–Crippen LogP) is 4.66. The number of amides is 1. The Morgan fingerprint density at radius 3 is 2.24 bits per heavy atom. The molecule has 0 aromatic heterocycles. The minimum Gasteiger partial charge on any atom is -0.324 e. The number of nitrogens with zero attached hydrogens (tertiary/aromatic N) is 2. The quantitative estimate of drug-likeness (QED) is 0.774. The van der Waals surface area contributed by atoms with Crippen LogP contribution in [0.5, 0.6) is 0 Å². The normalized spacial score (nSPS) is 18.8. The Balaban J connectivity index is 0.00000240. The number of carbonyl (C=O) groups excluding carboxylic acids is 1. The number of benzene rings is 2. The van der Waals surface area contributed by atoms with E-state index in [9.17, 15) is 4.79 Å². The van der Waals surface area contributed by atoms with Gasteiger partial charge in [-0.15, -0.1) is 12.4 Å². The Bertz CT molecular complexity index is 769. The van der Waals surface area contributed by atoms with Gasteiger partial charge in [-0.3, -0.25) is 14.6 Å². The molecule has 0 radical (unpaired) electrons. The van der Waals surface area contributed by atoms with E-state index in [0.717, 1.165) is 49.0 Å². The molecule has 4 rings (SSSR count). The summed E-state index contributed by atoms with van der Waals surface area (Å²) in [4.78, 5) is 17.6. The average molecular weight is 414 g/mol. The molecule has 1 saturated heterocycles. The molecular formula is C24H32ClN3O. The summed E-state index contributed by atoms with van der Waals surface area (Å²) in [6.07, 6.45) is 6.89. The van der Waals surface area contributed by atoms with Crippen LogP contribution < -0.4 is 5.32 Å². The molecule has 0 unspecified atom stereocenters. The van der Waals surface area contributed by atoms with Crippen LogP contribution >= 0.6 is 12.4 Å². The highest BCUT2D eigenvalue weighted by molar-refractivity contribution is 5.96. The summed E-state index contributed by atoms with van der Waals surface area (Å²) in [5.74, 6) is 0.0782. The van der Waals surface area contributed by atoms with Crippen LogP contribution in [-0.4, -0.2) is 54.5 Å². The highest BCUT2D eigenvalue weighted by Crippen LogP contribution is 2.27. The van der Waals surface area contributed by atoms with Gasteiger partial charge >= 0.3 is 0 Å². The zero-order chi connectivity index (χ0) is 19.2. The lowest BCUT2D eigenvalue weighted by molar-refractivity contribution is -0.117. The maximum atomic E-state index is 12.7. The predicted molar refractivity (Wildman–Crippen MR) is 123 cm³/mol. The van der Waals surface area contributed by atoms with Gasteiger partial charge in [-0.2, -0.15) is 0 Å². The molecule has 1 N–H and O–H groups in total. The number of halogens is 1. The number of piperazine rings is 1. The van der Waals surface area contributed by atoms with Gasteiger partial charge in [0.2, 0.25) is 5.91 Å². The van der Waals surface area contributed by atoms with Crippen molar-refractivity contribution >= 4 is 24.0 Å². The zero-order valence-electron chi connectivity index (χ0n) is 17.1. The van der Waals surface area contributed by atoms with Crippen LogP contribution in [0.1, 0.15) is 32.1 Å². The van der Waals surface area contributed by atoms with E-state index >= 15 is 0 Å². The molecule has 2 aliphatic rings. The standard InChI is InChI=1S/C24H31N3O.ClH/c28-24(19-26-15-17-27(18-16-26)21-11-5-2-6-12-21)25-23-14-8-7-13-22(23)20-9-3-1-4-10-20;/h1,3-4,7-10,13-14,21H,2,5-6,11-12,15-19H2,(H,25,28);1H. The van der Waals surface area contributed by atoms with Crippen molar-refractivity contribution in [3.8, 4) is 11.1 Å². The van der Waals surface area contributed by atoms with E-state index in [2.05, 4.69) is 33.3 Å². The number of rotatable bonds is 5. The summed E-state index contributed by atoms with van der Waals surface area (Å²) in [7, 11) is 0. The van der Waals surface area contributed by atoms with Gasteiger partial charge in [-0.05, 0) is 24.5 Å². The number of hydrogen-bond donors (Lipinski definition) is 1. The molecule has 0 spiro atoms. The van der Waals surface area contributed by atoms with Crippen LogP contribution in [0.4, 0.5) is 5.69 Å². The number of para-hydroxylation sites is 1. The van der Waals surface area contributed by atoms with Gasteiger partial charge in [0.15, 0.2) is 0 Å². The summed E-state index contributed by atoms with van der Waals surface area (Å²) >= 11 is 0. The maximum Gasteiger partial charge on any atom is 0.238 e. The molecule has 29 heavy (non-hydrogen) atoms. The fourth-order valence-electron chi connectivity index (χ4n) is 4.59. The van der Waals surface area contributed by atoms with Crippen molar-refractivity contribution in [2.45, 2.75) is 38.1 Å². The Hall–Kier alpha value is -1.88. The largest absolute Gasteiger partial charge is 0.324 e. The van der Waals surface area contributed by atoms with Crippen molar-refractivity contribution < 1.29 is 4.79 Å². The highest BCUT2D eigenvalue weighted by atomic mass is 35.5. The number of anilines is 1. The van der Waals surface area contributed by atoms with Gasteiger partial charge in [-0.1, -0.05) is 67.8 Å². The number of nitrogens with one attached hydrogen (secondary N) is 1. The molecule has 156 valence electrons. The monoisotopic (exact) mass is 413 g/mol. The molecule has 1 aliphatic heterocycles. The summed E-state index contributed by atoms with van der Waals surface area (Å²) in [6, 6.07) is 19.0. The molecule has 1 aliphatic carbocycles. The second kappa shape index (κ2) is 10.8. The van der Waals surface area contributed by atoms with Gasteiger partial charge < -0.3 is 5.32 Å². The van der Waals surface area contributed by atoms with Crippen LogP contribution in [0.3, 0.4) is 0 Å². The highest BCUT2D eigenvalue weighted by Gasteiger charge is 2.25. The molecule has 1 amide bonds. The molecule has 1 heterocycles. The lowest BCUT2D eigenvalue weighted by atomic mass is 9.94. The minimum absolute atomic E-state index is 0. The first kappa shape index (κ1) is 21.8. The molecule has 2 fully saturated rings. The van der Waals surface area contributed by atoms with E-state index in [-0.39, 0.29) is 18.3 Å². The maximum absolute atomic E-state index is 12.7. The van der Waals surface area contributed by atoms with Crippen molar-refractivity contribution in [1.82, 2.24) is 9.80 Å². The first-order chi connectivity index (χ1) is 13.8. The fourth-order valence-corrected chi connectivity index (χ4v) is 4.59. The van der Waals surface area contributed by atoms with E-state index < -0.39 is 0 Å². The van der Waals surface area contributed by atoms with Crippen molar-refractivity contribution in [2.24, 2.45) is 0 Å². The molecule has 2 aromatic rings. The Morgan fingerprint density at radius 1 is 0.862 bits per heavy atom. The average Bonchev–Trinajstić information content (AvgIpc) is 2.76. The van der Waals surface area contributed by atoms with Gasteiger partial charge in [-0.25, -0.2) is 0 Å². The van der Waals surface area contributed by atoms with Crippen molar-refractivity contribution in [3.05, 3.63) is 54.6 Å². The summed E-state index contributed by atoms with van der Waals surface area (Å²) in [5, 5.41) is 3.14. The summed E-state index contributed by atoms with van der Waals surface area (Å²) in [5.41, 5.74) is 3.08. The van der Waals surface area contributed by atoms with E-state index in [1.807, 2.05) is 36.4 Å². The van der Waals surface area contributed by atoms with Gasteiger partial charge in [0.25, 0.3) is 0 Å². The van der Waals surface area contributed by atoms with Crippen LogP contribution in [0.2, 0.25) is 0 Å². The lowest BCUT2D eigenvalue weighted by Gasteiger charge is -2.40. The zero-order valence-corrected chi connectivity index (χ0v) is 17.9. The smallest absolute Gasteiger partial charge is 0.238 e. The van der Waals surface area contributed by atoms with E-state index in [4.69, 9.17) is 0 Å². The van der Waals surface area contributed by atoms with Crippen molar-refractivity contribution in [1.29, 1.82) is 0 Å². The van der Waals surface area contributed by atoms with Crippen molar-refractivity contribution in [2.75, 3.05) is 38.0 Å². The van der Waals surface area contributed by atoms with E-state index in [1.165, 1.54) is 32.1 Å². The summed E-state index contributed by atoms with van der Waals surface area (Å²) < 4.78 is 0. The van der Waals surface area contributed by atoms with E-state index in [0.29, 0.717) is 6.54 Å². The Kier molecular flexibility index (Phi) is 8.10.